The molecular weight excluding hydrogens is 400 g/mol. The van der Waals surface area contributed by atoms with Gasteiger partial charge in [0.2, 0.25) is 5.91 Å². The van der Waals surface area contributed by atoms with Crippen LogP contribution in [0.3, 0.4) is 0 Å². The van der Waals surface area contributed by atoms with Gasteiger partial charge in [-0.25, -0.2) is 9.78 Å². The summed E-state index contributed by atoms with van der Waals surface area (Å²) in [6.07, 6.45) is 6.44. The second-order valence-electron chi connectivity index (χ2n) is 7.11. The van der Waals surface area contributed by atoms with E-state index < -0.39 is 5.97 Å². The summed E-state index contributed by atoms with van der Waals surface area (Å²) in [6, 6.07) is 4.09. The van der Waals surface area contributed by atoms with Crippen LogP contribution in [0.2, 0.25) is 0 Å². The number of ether oxygens (including phenoxy) is 1. The Morgan fingerprint density at radius 1 is 1.23 bits per heavy atom. The molecular formula is C22H24N4O3S. The lowest BCUT2D eigenvalue weighted by Gasteiger charge is -2.23. The van der Waals surface area contributed by atoms with Crippen molar-refractivity contribution in [2.75, 3.05) is 4.90 Å². The highest BCUT2D eigenvalue weighted by molar-refractivity contribution is 7.14. The molecule has 0 spiro atoms. The van der Waals surface area contributed by atoms with Crippen LogP contribution in [0.25, 0.3) is 6.08 Å². The Morgan fingerprint density at radius 2 is 1.93 bits per heavy atom. The Labute approximate surface area is 179 Å². The number of nitrogens with zero attached hydrogens (tertiary/aromatic N) is 4. The lowest BCUT2D eigenvalue weighted by atomic mass is 10.0. The summed E-state index contributed by atoms with van der Waals surface area (Å²) in [5.41, 5.74) is 5.39. The molecule has 0 saturated carbocycles. The molecule has 3 rings (SSSR count). The molecule has 0 radical (unpaired) electrons. The third-order valence-electron chi connectivity index (χ3n) is 4.40. The number of hydrogen-bond acceptors (Lipinski definition) is 6. The average molecular weight is 425 g/mol. The number of aromatic nitrogens is 3. The highest BCUT2D eigenvalue weighted by Gasteiger charge is 2.22. The monoisotopic (exact) mass is 424 g/mol. The van der Waals surface area contributed by atoms with Gasteiger partial charge in [0.25, 0.3) is 0 Å². The second kappa shape index (κ2) is 9.04. The molecule has 30 heavy (non-hydrogen) atoms. The van der Waals surface area contributed by atoms with Gasteiger partial charge in [-0.1, -0.05) is 17.7 Å². The zero-order chi connectivity index (χ0) is 21.8. The molecule has 0 N–H and O–H groups in total. The normalized spacial score (nSPS) is 11.1. The van der Waals surface area contributed by atoms with Crippen LogP contribution in [0.1, 0.15) is 34.9 Å². The van der Waals surface area contributed by atoms with Crippen molar-refractivity contribution in [1.29, 1.82) is 0 Å². The van der Waals surface area contributed by atoms with E-state index in [1.54, 1.807) is 40.5 Å². The van der Waals surface area contributed by atoms with Gasteiger partial charge in [-0.2, -0.15) is 5.10 Å². The third-order valence-corrected chi connectivity index (χ3v) is 5.28. The molecule has 3 aromatic rings. The number of thiazole rings is 1. The van der Waals surface area contributed by atoms with Gasteiger partial charge in [0.1, 0.15) is 6.61 Å². The largest absolute Gasteiger partial charge is 0.456 e. The second-order valence-corrected chi connectivity index (χ2v) is 7.95. The minimum Gasteiger partial charge on any atom is -0.456 e. The first kappa shape index (κ1) is 21.4. The van der Waals surface area contributed by atoms with Crippen LogP contribution in [0, 0.1) is 20.8 Å². The van der Waals surface area contributed by atoms with Gasteiger partial charge >= 0.3 is 5.97 Å². The molecule has 0 atom stereocenters. The van der Waals surface area contributed by atoms with E-state index in [0.29, 0.717) is 10.8 Å². The van der Waals surface area contributed by atoms with Gasteiger partial charge in [0.05, 0.1) is 17.6 Å². The fraction of sp³-hybridized carbons (Fsp3) is 0.273. The van der Waals surface area contributed by atoms with Crippen LogP contribution in [-0.4, -0.2) is 26.6 Å². The van der Waals surface area contributed by atoms with Gasteiger partial charge in [-0.15, -0.1) is 11.3 Å². The predicted molar refractivity (Wildman–Crippen MR) is 118 cm³/mol. The zero-order valence-corrected chi connectivity index (χ0v) is 18.5. The molecule has 0 unspecified atom stereocenters. The van der Waals surface area contributed by atoms with Crippen LogP contribution in [0.5, 0.6) is 0 Å². The summed E-state index contributed by atoms with van der Waals surface area (Å²) in [5, 5.41) is 6.38. The predicted octanol–water partition coefficient (Wildman–Crippen LogP) is 4.24. The lowest BCUT2D eigenvalue weighted by Crippen LogP contribution is -2.24. The molecule has 0 aliphatic heterocycles. The third kappa shape index (κ3) is 5.01. The fourth-order valence-corrected chi connectivity index (χ4v) is 4.12. The minimum atomic E-state index is -0.470. The van der Waals surface area contributed by atoms with Gasteiger partial charge in [0.15, 0.2) is 5.13 Å². The van der Waals surface area contributed by atoms with E-state index in [2.05, 4.69) is 10.1 Å². The first-order valence-electron chi connectivity index (χ1n) is 9.41. The SMILES string of the molecule is CC(=O)N(c1nc(COC(=O)/C=C/c2cnn(C)c2)cs1)c1c(C)cc(C)cc1C. The van der Waals surface area contributed by atoms with Gasteiger partial charge in [-0.3, -0.25) is 14.4 Å². The zero-order valence-electron chi connectivity index (χ0n) is 17.7. The van der Waals surface area contributed by atoms with Crippen molar-refractivity contribution in [3.05, 3.63) is 63.9 Å². The fourth-order valence-electron chi connectivity index (χ4n) is 3.26. The number of esters is 1. The van der Waals surface area contributed by atoms with Crippen molar-refractivity contribution in [2.45, 2.75) is 34.3 Å². The molecule has 0 fully saturated rings. The van der Waals surface area contributed by atoms with E-state index in [9.17, 15) is 9.59 Å². The van der Waals surface area contributed by atoms with E-state index in [1.165, 1.54) is 24.3 Å². The number of amides is 1. The number of rotatable bonds is 6. The Kier molecular flexibility index (Phi) is 6.47. The average Bonchev–Trinajstić information content (AvgIpc) is 3.29. The molecule has 1 amide bonds. The summed E-state index contributed by atoms with van der Waals surface area (Å²) in [6.45, 7) is 7.54. The number of carbonyl (C=O) groups is 2. The Balaban J connectivity index is 1.72. The first-order chi connectivity index (χ1) is 14.2. The Morgan fingerprint density at radius 3 is 2.53 bits per heavy atom. The Hall–Kier alpha value is -3.26. The van der Waals surface area contributed by atoms with Crippen LogP contribution in [0.4, 0.5) is 10.8 Å². The summed E-state index contributed by atoms with van der Waals surface area (Å²) in [7, 11) is 1.80. The molecule has 8 heteroatoms. The van der Waals surface area contributed by atoms with Crippen molar-refractivity contribution in [2.24, 2.45) is 7.05 Å². The molecule has 0 aliphatic rings. The summed E-state index contributed by atoms with van der Waals surface area (Å²) in [5.74, 6) is -0.593. The molecule has 7 nitrogen and oxygen atoms in total. The van der Waals surface area contributed by atoms with Gasteiger partial charge in [-0.05, 0) is 38.0 Å². The quantitative estimate of drug-likeness (QED) is 0.437. The number of anilines is 2. The van der Waals surface area contributed by atoms with E-state index in [4.69, 9.17) is 4.74 Å². The highest BCUT2D eigenvalue weighted by atomic mass is 32.1. The Bertz CT molecular complexity index is 1090. The van der Waals surface area contributed by atoms with Crippen LogP contribution >= 0.6 is 11.3 Å². The van der Waals surface area contributed by atoms with Crippen molar-refractivity contribution in [3.8, 4) is 0 Å². The van der Waals surface area contributed by atoms with Crippen molar-refractivity contribution >= 4 is 40.1 Å². The molecule has 156 valence electrons. The number of benzene rings is 1. The highest BCUT2D eigenvalue weighted by Crippen LogP contribution is 2.34. The maximum absolute atomic E-state index is 12.4. The molecule has 2 aromatic heterocycles. The van der Waals surface area contributed by atoms with Crippen molar-refractivity contribution in [3.63, 3.8) is 0 Å². The first-order valence-corrected chi connectivity index (χ1v) is 10.3. The van der Waals surface area contributed by atoms with Crippen molar-refractivity contribution < 1.29 is 14.3 Å². The molecule has 2 heterocycles. The van der Waals surface area contributed by atoms with Crippen LogP contribution in [0.15, 0.2) is 36.0 Å². The van der Waals surface area contributed by atoms with Crippen molar-refractivity contribution in [1.82, 2.24) is 14.8 Å². The van der Waals surface area contributed by atoms with Crippen LogP contribution < -0.4 is 4.90 Å². The maximum Gasteiger partial charge on any atom is 0.331 e. The smallest absolute Gasteiger partial charge is 0.331 e. The van der Waals surface area contributed by atoms with E-state index >= 15 is 0 Å². The topological polar surface area (TPSA) is 77.3 Å². The van der Waals surface area contributed by atoms with E-state index in [1.807, 2.05) is 32.9 Å². The van der Waals surface area contributed by atoms with E-state index in [0.717, 1.165) is 27.9 Å². The van der Waals surface area contributed by atoms with Gasteiger partial charge < -0.3 is 4.74 Å². The van der Waals surface area contributed by atoms with Gasteiger partial charge in [0, 0.05) is 37.2 Å². The number of carbonyl (C=O) groups excluding carboxylic acids is 2. The number of hydrogen-bond donors (Lipinski definition) is 0. The van der Waals surface area contributed by atoms with E-state index in [-0.39, 0.29) is 12.5 Å². The summed E-state index contributed by atoms with van der Waals surface area (Å²) >= 11 is 1.34. The maximum atomic E-state index is 12.4. The molecule has 1 aromatic carbocycles. The number of aryl methyl sites for hydroxylation is 4. The van der Waals surface area contributed by atoms with Crippen LogP contribution in [-0.2, 0) is 28.0 Å². The lowest BCUT2D eigenvalue weighted by molar-refractivity contribution is -0.139. The summed E-state index contributed by atoms with van der Waals surface area (Å²) in [4.78, 5) is 30.5. The minimum absolute atomic E-state index is 0.0321. The standard InChI is InChI=1S/C22H24N4O3S/c1-14-8-15(2)21(16(3)9-14)26(17(4)27)22-24-19(13-30-22)12-29-20(28)7-6-18-10-23-25(5)11-18/h6-11,13H,12H2,1-5H3/b7-6+. The molecule has 0 aliphatic carbocycles. The molecule has 0 saturated heterocycles. The summed E-state index contributed by atoms with van der Waals surface area (Å²) < 4.78 is 6.92. The molecule has 0 bridgehead atoms.